The number of hydrogen-bond donors (Lipinski definition) is 2. The van der Waals surface area contributed by atoms with E-state index in [4.69, 9.17) is 15.9 Å². The number of terminal acetylenes is 1. The molecular formula is C16H23N3O2. The maximum absolute atomic E-state index is 5.79. The molecule has 21 heavy (non-hydrogen) atoms. The number of nitrogens with one attached hydrogen (secondary N) is 2. The van der Waals surface area contributed by atoms with E-state index in [2.05, 4.69) is 21.5 Å². The second-order valence-corrected chi connectivity index (χ2v) is 4.38. The zero-order valence-corrected chi connectivity index (χ0v) is 12.8. The Kier molecular flexibility index (Phi) is 7.59. The average Bonchev–Trinajstić information content (AvgIpc) is 2.51. The lowest BCUT2D eigenvalue weighted by atomic mass is 10.3. The summed E-state index contributed by atoms with van der Waals surface area (Å²) in [5, 5.41) is 6.16. The summed E-state index contributed by atoms with van der Waals surface area (Å²) in [6, 6.07) is 7.48. The van der Waals surface area contributed by atoms with Crippen molar-refractivity contribution in [1.82, 2.24) is 10.6 Å². The number of methoxy groups -OCH3 is 1. The maximum Gasteiger partial charge on any atom is 0.192 e. The van der Waals surface area contributed by atoms with Crippen LogP contribution in [0, 0.1) is 12.3 Å². The van der Waals surface area contributed by atoms with E-state index in [1.807, 2.05) is 38.1 Å². The third kappa shape index (κ3) is 6.57. The van der Waals surface area contributed by atoms with Gasteiger partial charge in [0.05, 0.1) is 20.2 Å². The molecule has 114 valence electrons. The number of ether oxygens (including phenoxy) is 2. The molecule has 0 aromatic heterocycles. The van der Waals surface area contributed by atoms with Crippen molar-refractivity contribution in [2.45, 2.75) is 20.0 Å². The molecule has 0 aliphatic heterocycles. The third-order valence-corrected chi connectivity index (χ3v) is 2.61. The van der Waals surface area contributed by atoms with Gasteiger partial charge in [-0.1, -0.05) is 5.92 Å². The van der Waals surface area contributed by atoms with Gasteiger partial charge in [-0.2, -0.15) is 0 Å². The fourth-order valence-corrected chi connectivity index (χ4v) is 1.62. The number of benzene rings is 1. The molecule has 0 spiro atoms. The lowest BCUT2D eigenvalue weighted by Gasteiger charge is -2.14. The van der Waals surface area contributed by atoms with Gasteiger partial charge >= 0.3 is 0 Å². The van der Waals surface area contributed by atoms with Crippen molar-refractivity contribution in [2.24, 2.45) is 4.99 Å². The van der Waals surface area contributed by atoms with Gasteiger partial charge in [0.15, 0.2) is 5.96 Å². The van der Waals surface area contributed by atoms with Gasteiger partial charge in [-0.15, -0.1) is 6.42 Å². The molecule has 5 heteroatoms. The Labute approximate surface area is 126 Å². The molecule has 1 atom stereocenters. The van der Waals surface area contributed by atoms with Crippen molar-refractivity contribution < 1.29 is 9.47 Å². The first-order valence-corrected chi connectivity index (χ1v) is 6.96. The minimum atomic E-state index is -0.0420. The normalized spacial score (nSPS) is 12.2. The Morgan fingerprint density at radius 2 is 1.95 bits per heavy atom. The van der Waals surface area contributed by atoms with Gasteiger partial charge < -0.3 is 20.1 Å². The van der Waals surface area contributed by atoms with Crippen LogP contribution >= 0.6 is 0 Å². The van der Waals surface area contributed by atoms with Crippen LogP contribution in [-0.2, 0) is 0 Å². The molecule has 2 N–H and O–H groups in total. The fraction of sp³-hybridized carbons (Fsp3) is 0.438. The van der Waals surface area contributed by atoms with Gasteiger partial charge in [-0.3, -0.25) is 0 Å². The van der Waals surface area contributed by atoms with Crippen molar-refractivity contribution in [3.63, 3.8) is 0 Å². The van der Waals surface area contributed by atoms with Gasteiger partial charge in [0.25, 0.3) is 0 Å². The highest BCUT2D eigenvalue weighted by Gasteiger charge is 2.04. The molecule has 0 aliphatic carbocycles. The third-order valence-electron chi connectivity index (χ3n) is 2.61. The standard InChI is InChI=1S/C16H23N3O2/c1-5-11-18-16(17-6-2)19-12-13(3)21-15-9-7-14(20-4)8-10-15/h1,7-10,13H,6,11-12H2,2-4H3,(H2,17,18,19). The number of guanidine groups is 1. The topological polar surface area (TPSA) is 54.9 Å². The Morgan fingerprint density at radius 3 is 2.52 bits per heavy atom. The predicted molar refractivity (Wildman–Crippen MR) is 85.9 cm³/mol. The summed E-state index contributed by atoms with van der Waals surface area (Å²) in [7, 11) is 1.64. The van der Waals surface area contributed by atoms with Crippen LogP contribution in [0.25, 0.3) is 0 Å². The molecule has 1 aromatic carbocycles. The number of hydrogen-bond acceptors (Lipinski definition) is 3. The van der Waals surface area contributed by atoms with Crippen LogP contribution in [0.5, 0.6) is 11.5 Å². The van der Waals surface area contributed by atoms with E-state index in [9.17, 15) is 0 Å². The van der Waals surface area contributed by atoms with Crippen molar-refractivity contribution >= 4 is 5.96 Å². The summed E-state index contributed by atoms with van der Waals surface area (Å²) in [6.07, 6.45) is 5.18. The molecule has 5 nitrogen and oxygen atoms in total. The van der Waals surface area contributed by atoms with Crippen LogP contribution < -0.4 is 20.1 Å². The van der Waals surface area contributed by atoms with E-state index in [0.29, 0.717) is 19.0 Å². The molecule has 0 amide bonds. The van der Waals surface area contributed by atoms with Crippen LogP contribution in [0.2, 0.25) is 0 Å². The summed E-state index contributed by atoms with van der Waals surface area (Å²) in [4.78, 5) is 4.43. The van der Waals surface area contributed by atoms with E-state index in [1.54, 1.807) is 7.11 Å². The largest absolute Gasteiger partial charge is 0.497 e. The summed E-state index contributed by atoms with van der Waals surface area (Å²) < 4.78 is 10.9. The molecule has 0 heterocycles. The lowest BCUT2D eigenvalue weighted by molar-refractivity contribution is 0.230. The van der Waals surface area contributed by atoms with E-state index in [1.165, 1.54) is 0 Å². The summed E-state index contributed by atoms with van der Waals surface area (Å²) >= 11 is 0. The van der Waals surface area contributed by atoms with E-state index < -0.39 is 0 Å². The molecule has 1 unspecified atom stereocenters. The summed E-state index contributed by atoms with van der Waals surface area (Å²) in [6.45, 7) is 5.73. The van der Waals surface area contributed by atoms with Crippen molar-refractivity contribution in [3.8, 4) is 23.8 Å². The van der Waals surface area contributed by atoms with Crippen LogP contribution in [0.4, 0.5) is 0 Å². The SMILES string of the molecule is C#CCNC(=NCC(C)Oc1ccc(OC)cc1)NCC. The molecule has 1 rings (SSSR count). The minimum absolute atomic E-state index is 0.0420. The smallest absolute Gasteiger partial charge is 0.192 e. The first-order chi connectivity index (χ1) is 10.2. The van der Waals surface area contributed by atoms with Crippen LogP contribution in [0.15, 0.2) is 29.3 Å². The second kappa shape index (κ2) is 9.54. The van der Waals surface area contributed by atoms with E-state index in [-0.39, 0.29) is 6.10 Å². The number of aliphatic imine (C=N–C) groups is 1. The first kappa shape index (κ1) is 16.7. The van der Waals surface area contributed by atoms with Crippen molar-refractivity contribution in [2.75, 3.05) is 26.7 Å². The van der Waals surface area contributed by atoms with E-state index >= 15 is 0 Å². The highest BCUT2D eigenvalue weighted by Crippen LogP contribution is 2.18. The van der Waals surface area contributed by atoms with Crippen molar-refractivity contribution in [1.29, 1.82) is 0 Å². The Morgan fingerprint density at radius 1 is 1.29 bits per heavy atom. The number of nitrogens with zero attached hydrogens (tertiary/aromatic N) is 1. The molecule has 1 aromatic rings. The van der Waals surface area contributed by atoms with Gasteiger partial charge in [0.1, 0.15) is 17.6 Å². The highest BCUT2D eigenvalue weighted by atomic mass is 16.5. The monoisotopic (exact) mass is 289 g/mol. The van der Waals surface area contributed by atoms with Gasteiger partial charge in [0, 0.05) is 6.54 Å². The Bertz CT molecular complexity index is 477. The van der Waals surface area contributed by atoms with Crippen LogP contribution in [0.1, 0.15) is 13.8 Å². The molecule has 0 saturated heterocycles. The lowest BCUT2D eigenvalue weighted by Crippen LogP contribution is -2.38. The van der Waals surface area contributed by atoms with Crippen molar-refractivity contribution in [3.05, 3.63) is 24.3 Å². The number of rotatable bonds is 7. The van der Waals surface area contributed by atoms with Crippen LogP contribution in [-0.4, -0.2) is 38.8 Å². The van der Waals surface area contributed by atoms with Gasteiger partial charge in [0.2, 0.25) is 0 Å². The maximum atomic E-state index is 5.79. The summed E-state index contributed by atoms with van der Waals surface area (Å²) in [5.41, 5.74) is 0. The molecule has 0 saturated carbocycles. The fourth-order valence-electron chi connectivity index (χ4n) is 1.62. The first-order valence-electron chi connectivity index (χ1n) is 6.96. The molecular weight excluding hydrogens is 266 g/mol. The predicted octanol–water partition coefficient (Wildman–Crippen LogP) is 1.65. The minimum Gasteiger partial charge on any atom is -0.497 e. The quantitative estimate of drug-likeness (QED) is 0.455. The second-order valence-electron chi connectivity index (χ2n) is 4.38. The summed E-state index contributed by atoms with van der Waals surface area (Å²) in [5.74, 6) is 4.81. The molecule has 0 radical (unpaired) electrons. The molecule has 0 aliphatic rings. The molecule has 0 fully saturated rings. The Hall–Kier alpha value is -2.35. The van der Waals surface area contributed by atoms with Crippen LogP contribution in [0.3, 0.4) is 0 Å². The van der Waals surface area contributed by atoms with E-state index in [0.717, 1.165) is 18.0 Å². The highest BCUT2D eigenvalue weighted by molar-refractivity contribution is 5.79. The van der Waals surface area contributed by atoms with Gasteiger partial charge in [-0.05, 0) is 38.1 Å². The zero-order valence-electron chi connectivity index (χ0n) is 12.8. The Balaban J connectivity index is 2.50. The average molecular weight is 289 g/mol. The zero-order chi connectivity index (χ0) is 15.5. The van der Waals surface area contributed by atoms with Gasteiger partial charge in [-0.25, -0.2) is 4.99 Å². The molecule has 0 bridgehead atoms.